The molecule has 0 spiro atoms. The van der Waals surface area contributed by atoms with E-state index in [1.165, 1.54) is 12.1 Å². The van der Waals surface area contributed by atoms with E-state index >= 15 is 0 Å². The molecule has 4 nitrogen and oxygen atoms in total. The maximum atomic E-state index is 13.4. The number of likely N-dealkylation sites (N-methyl/N-ethyl adjacent to an activating group) is 1. The molecule has 0 aliphatic carbocycles. The molecule has 0 aromatic heterocycles. The van der Waals surface area contributed by atoms with Crippen LogP contribution in [0, 0.1) is 5.82 Å². The molecule has 3 N–H and O–H groups in total. The Morgan fingerprint density at radius 1 is 1.26 bits per heavy atom. The Morgan fingerprint density at radius 3 is 2.39 bits per heavy atom. The minimum atomic E-state index is -0.442. The summed E-state index contributed by atoms with van der Waals surface area (Å²) in [7, 11) is 1.43. The van der Waals surface area contributed by atoms with Gasteiger partial charge < -0.3 is 20.4 Å². The smallest absolute Gasteiger partial charge is 0.400 e. The lowest BCUT2D eigenvalue weighted by molar-refractivity contribution is 0.00578. The second kappa shape index (κ2) is 6.73. The molecule has 1 aromatic rings. The lowest BCUT2D eigenvalue weighted by Gasteiger charge is -2.32. The molecule has 2 rings (SSSR count). The van der Waals surface area contributed by atoms with Crippen molar-refractivity contribution in [2.24, 2.45) is 5.73 Å². The Bertz CT molecular complexity index is 586. The van der Waals surface area contributed by atoms with Crippen molar-refractivity contribution >= 4 is 13.2 Å². The first-order valence-corrected chi connectivity index (χ1v) is 7.89. The molecule has 6 heteroatoms. The third kappa shape index (κ3) is 3.83. The van der Waals surface area contributed by atoms with Gasteiger partial charge in [0.05, 0.1) is 11.2 Å². The van der Waals surface area contributed by atoms with Crippen LogP contribution in [0.15, 0.2) is 23.7 Å². The minimum absolute atomic E-state index is 0.278. The van der Waals surface area contributed by atoms with E-state index in [9.17, 15) is 4.39 Å². The van der Waals surface area contributed by atoms with Crippen molar-refractivity contribution < 1.29 is 13.7 Å². The van der Waals surface area contributed by atoms with Crippen LogP contribution in [0.2, 0.25) is 0 Å². The first kappa shape index (κ1) is 18.1. The van der Waals surface area contributed by atoms with Crippen LogP contribution in [0.1, 0.15) is 38.8 Å². The number of halogens is 1. The molecule has 1 aliphatic rings. The van der Waals surface area contributed by atoms with Gasteiger partial charge in [-0.3, -0.25) is 0 Å². The Morgan fingerprint density at radius 2 is 1.87 bits per heavy atom. The maximum Gasteiger partial charge on any atom is 0.491 e. The van der Waals surface area contributed by atoms with E-state index in [-0.39, 0.29) is 12.4 Å². The van der Waals surface area contributed by atoms with Crippen LogP contribution in [0.3, 0.4) is 0 Å². The first-order chi connectivity index (χ1) is 10.7. The normalized spacial score (nSPS) is 20.1. The highest BCUT2D eigenvalue weighted by Gasteiger charge is 2.52. The van der Waals surface area contributed by atoms with Gasteiger partial charge in [0.1, 0.15) is 5.82 Å². The van der Waals surface area contributed by atoms with Gasteiger partial charge in [-0.2, -0.15) is 0 Å². The fraction of sp³-hybridized carbons (Fsp3) is 0.529. The van der Waals surface area contributed by atoms with Gasteiger partial charge in [0.15, 0.2) is 0 Å². The van der Waals surface area contributed by atoms with Crippen LogP contribution in [-0.4, -0.2) is 31.9 Å². The molecule has 1 fully saturated rings. The van der Waals surface area contributed by atoms with Crippen molar-refractivity contribution in [1.29, 1.82) is 0 Å². The second-order valence-electron chi connectivity index (χ2n) is 6.89. The Balaban J connectivity index is 2.36. The van der Waals surface area contributed by atoms with Crippen molar-refractivity contribution in [3.8, 4) is 0 Å². The summed E-state index contributed by atoms with van der Waals surface area (Å²) < 4.78 is 25.6. The first-order valence-electron chi connectivity index (χ1n) is 7.89. The molecule has 23 heavy (non-hydrogen) atoms. The number of rotatable bonds is 5. The SMILES string of the molecule is CNCC(=Cc1ccc(F)cc1CN)B1OC(C)(C)C(C)(C)O1. The summed E-state index contributed by atoms with van der Waals surface area (Å²) in [5, 5.41) is 3.13. The van der Waals surface area contributed by atoms with Crippen LogP contribution < -0.4 is 11.1 Å². The minimum Gasteiger partial charge on any atom is -0.400 e. The average Bonchev–Trinajstić information content (AvgIpc) is 2.68. The van der Waals surface area contributed by atoms with Gasteiger partial charge in [-0.15, -0.1) is 0 Å². The van der Waals surface area contributed by atoms with Gasteiger partial charge in [0.2, 0.25) is 0 Å². The molecule has 1 saturated heterocycles. The Kier molecular flexibility index (Phi) is 5.31. The standard InChI is InChI=1S/C17H26BFN2O2/c1-16(2)17(3,4)23-18(22-16)14(11-21-5)8-12-6-7-15(19)9-13(12)10-20/h6-9,21H,10-11,20H2,1-5H3. The highest BCUT2D eigenvalue weighted by Crippen LogP contribution is 2.38. The monoisotopic (exact) mass is 320 g/mol. The molecule has 0 bridgehead atoms. The summed E-state index contributed by atoms with van der Waals surface area (Å²) in [5.41, 5.74) is 7.53. The van der Waals surface area contributed by atoms with Crippen LogP contribution in [-0.2, 0) is 15.9 Å². The van der Waals surface area contributed by atoms with Crippen LogP contribution in [0.4, 0.5) is 4.39 Å². The summed E-state index contributed by atoms with van der Waals surface area (Å²) >= 11 is 0. The fourth-order valence-electron chi connectivity index (χ4n) is 2.49. The predicted molar refractivity (Wildman–Crippen MR) is 92.3 cm³/mol. The molecule has 1 heterocycles. The van der Waals surface area contributed by atoms with Gasteiger partial charge in [-0.1, -0.05) is 12.1 Å². The van der Waals surface area contributed by atoms with Crippen molar-refractivity contribution in [1.82, 2.24) is 5.32 Å². The van der Waals surface area contributed by atoms with Gasteiger partial charge in [-0.05, 0) is 63.5 Å². The topological polar surface area (TPSA) is 56.5 Å². The van der Waals surface area contributed by atoms with Crippen molar-refractivity contribution in [3.05, 3.63) is 40.6 Å². The van der Waals surface area contributed by atoms with Crippen LogP contribution in [0.5, 0.6) is 0 Å². The number of hydrogen-bond acceptors (Lipinski definition) is 4. The third-order valence-corrected chi connectivity index (χ3v) is 4.60. The molecule has 0 saturated carbocycles. The van der Waals surface area contributed by atoms with E-state index in [1.54, 1.807) is 6.07 Å². The molecule has 0 unspecified atom stereocenters. The van der Waals surface area contributed by atoms with Gasteiger partial charge in [0, 0.05) is 13.1 Å². The number of benzene rings is 1. The van der Waals surface area contributed by atoms with E-state index in [2.05, 4.69) is 5.32 Å². The lowest BCUT2D eigenvalue weighted by atomic mass is 9.76. The zero-order valence-corrected chi connectivity index (χ0v) is 14.6. The largest absolute Gasteiger partial charge is 0.491 e. The van der Waals surface area contributed by atoms with E-state index in [4.69, 9.17) is 15.0 Å². The molecular weight excluding hydrogens is 294 g/mol. The van der Waals surface area contributed by atoms with E-state index < -0.39 is 18.3 Å². The fourth-order valence-corrected chi connectivity index (χ4v) is 2.49. The van der Waals surface area contributed by atoms with Crippen molar-refractivity contribution in [3.63, 3.8) is 0 Å². The summed E-state index contributed by atoms with van der Waals surface area (Å²) in [6.45, 7) is 8.97. The Labute approximate surface area is 138 Å². The molecular formula is C17H26BFN2O2. The molecule has 0 amide bonds. The maximum absolute atomic E-state index is 13.4. The predicted octanol–water partition coefficient (Wildman–Crippen LogP) is 2.52. The lowest BCUT2D eigenvalue weighted by Crippen LogP contribution is -2.41. The number of nitrogens with two attached hydrogens (primary N) is 1. The molecule has 126 valence electrons. The summed E-state index contributed by atoms with van der Waals surface area (Å²) in [6.07, 6.45) is 1.97. The van der Waals surface area contributed by atoms with E-state index in [1.807, 2.05) is 40.8 Å². The highest BCUT2D eigenvalue weighted by atomic mass is 19.1. The Hall–Kier alpha value is -1.21. The number of nitrogens with one attached hydrogen (secondary N) is 1. The zero-order valence-electron chi connectivity index (χ0n) is 14.6. The van der Waals surface area contributed by atoms with Gasteiger partial charge in [0.25, 0.3) is 0 Å². The molecule has 0 atom stereocenters. The second-order valence-corrected chi connectivity index (χ2v) is 6.89. The molecule has 1 aliphatic heterocycles. The average molecular weight is 320 g/mol. The summed E-state index contributed by atoms with van der Waals surface area (Å²) in [6, 6.07) is 4.64. The van der Waals surface area contributed by atoms with Crippen molar-refractivity contribution in [2.45, 2.75) is 45.4 Å². The van der Waals surface area contributed by atoms with Crippen molar-refractivity contribution in [2.75, 3.05) is 13.6 Å². The zero-order chi connectivity index (χ0) is 17.3. The third-order valence-electron chi connectivity index (χ3n) is 4.60. The summed E-state index contributed by atoms with van der Waals surface area (Å²) in [5.74, 6) is -0.284. The van der Waals surface area contributed by atoms with E-state index in [0.29, 0.717) is 6.54 Å². The van der Waals surface area contributed by atoms with Crippen LogP contribution in [0.25, 0.3) is 6.08 Å². The van der Waals surface area contributed by atoms with Gasteiger partial charge >= 0.3 is 7.12 Å². The highest BCUT2D eigenvalue weighted by molar-refractivity contribution is 6.55. The van der Waals surface area contributed by atoms with E-state index in [0.717, 1.165) is 16.6 Å². The van der Waals surface area contributed by atoms with Crippen LogP contribution >= 0.6 is 0 Å². The quantitative estimate of drug-likeness (QED) is 0.819. The molecule has 1 aromatic carbocycles. The number of hydrogen-bond donors (Lipinski definition) is 2. The van der Waals surface area contributed by atoms with Gasteiger partial charge in [-0.25, -0.2) is 4.39 Å². The summed E-state index contributed by atoms with van der Waals surface area (Å²) in [4.78, 5) is 0. The molecule has 0 radical (unpaired) electrons.